The van der Waals surface area contributed by atoms with Crippen LogP contribution in [0.5, 0.6) is 0 Å². The van der Waals surface area contributed by atoms with E-state index in [1.807, 2.05) is 66.7 Å². The number of nitrogens with zero attached hydrogens (tertiary/aromatic N) is 1. The minimum atomic E-state index is -1.55. The molecular formula is C45H48Cl2FN3O5. The van der Waals surface area contributed by atoms with Gasteiger partial charge < -0.3 is 25.6 Å². The number of rotatable bonds is 8. The normalized spacial score (nSPS) is 27.8. The number of carbonyl (C=O) groups excluding carboxylic acids is 2. The average Bonchev–Trinajstić information content (AvgIpc) is 3.63. The van der Waals surface area contributed by atoms with E-state index in [0.717, 1.165) is 5.56 Å². The predicted octanol–water partition coefficient (Wildman–Crippen LogP) is 8.26. The Morgan fingerprint density at radius 2 is 1.62 bits per heavy atom. The van der Waals surface area contributed by atoms with E-state index in [-0.39, 0.29) is 41.2 Å². The molecule has 1 aliphatic carbocycles. The molecule has 3 fully saturated rings. The van der Waals surface area contributed by atoms with Gasteiger partial charge in [-0.25, -0.2) is 4.39 Å². The zero-order chi connectivity index (χ0) is 39.4. The second kappa shape index (κ2) is 15.2. The molecule has 2 saturated heterocycles. The summed E-state index contributed by atoms with van der Waals surface area (Å²) in [4.78, 5) is 33.4. The summed E-state index contributed by atoms with van der Waals surface area (Å²) in [5.74, 6) is -2.59. The second-order valence-electron chi connectivity index (χ2n) is 16.8. The van der Waals surface area contributed by atoms with Crippen LogP contribution in [0.4, 0.5) is 10.1 Å². The third-order valence-corrected chi connectivity index (χ3v) is 13.7. The number of aliphatic hydroxyl groups is 2. The van der Waals surface area contributed by atoms with E-state index in [1.165, 1.54) is 6.07 Å². The number of likely N-dealkylation sites (tertiary alicyclic amines) is 1. The molecule has 4 N–H and O–H groups in total. The molecule has 56 heavy (non-hydrogen) atoms. The van der Waals surface area contributed by atoms with E-state index < -0.39 is 52.8 Å². The lowest BCUT2D eigenvalue weighted by Gasteiger charge is -2.56. The largest absolute Gasteiger partial charge is 0.394 e. The number of aliphatic hydroxyl groups excluding tert-OH is 2. The quantitative estimate of drug-likeness (QED) is 0.143. The molecular weight excluding hydrogens is 752 g/mol. The van der Waals surface area contributed by atoms with E-state index in [9.17, 15) is 10.2 Å². The monoisotopic (exact) mass is 799 g/mol. The fourth-order valence-electron chi connectivity index (χ4n) is 10.4. The Kier molecular flexibility index (Phi) is 10.6. The molecule has 2 amide bonds. The Labute approximate surface area is 337 Å². The molecule has 294 valence electrons. The molecule has 4 aromatic carbocycles. The average molecular weight is 801 g/mol. The molecule has 0 radical (unpaired) electrons. The Bertz CT molecular complexity index is 2090. The van der Waals surface area contributed by atoms with Crippen molar-refractivity contribution in [1.29, 1.82) is 0 Å². The van der Waals surface area contributed by atoms with Gasteiger partial charge in [0.05, 0.1) is 48.6 Å². The summed E-state index contributed by atoms with van der Waals surface area (Å²) in [5, 5.41) is 29.4. The van der Waals surface area contributed by atoms with Gasteiger partial charge in [-0.1, -0.05) is 116 Å². The number of fused-ring (bicyclic) bond motifs is 3. The number of hydrogen-bond acceptors (Lipinski definition) is 6. The predicted molar refractivity (Wildman–Crippen MR) is 215 cm³/mol. The van der Waals surface area contributed by atoms with Crippen LogP contribution in [0.1, 0.15) is 92.7 Å². The molecule has 0 aromatic heterocycles. The lowest BCUT2D eigenvalue weighted by Crippen LogP contribution is -2.64. The molecule has 1 unspecified atom stereocenters. The molecule has 3 aliphatic heterocycles. The molecule has 4 aromatic rings. The Balaban J connectivity index is 1.46. The molecule has 11 heteroatoms. The van der Waals surface area contributed by atoms with Crippen LogP contribution >= 0.6 is 23.2 Å². The highest BCUT2D eigenvalue weighted by molar-refractivity contribution is 6.31. The van der Waals surface area contributed by atoms with E-state index in [2.05, 4.69) is 29.4 Å². The maximum Gasteiger partial charge on any atom is 0.238 e. The Morgan fingerprint density at radius 3 is 2.27 bits per heavy atom. The topological polar surface area (TPSA) is 111 Å². The standard InChI is InChI=1S/C45H48Cl2FN3O5/c1-43(2)20-22-44(23-21-43)45(33-19-16-29(46)24-35(33)50-42(45)55)36(32-14-9-15-34(47)37(32)48)39(41(54)49-30-17-18-31(25-52)56-26-30)51(44)38(27-10-5-3-6-11-27)40(53)28-12-7-4-8-13-28/h3-16,19,24,30-31,36,38-40,52-53H,17-18,20-23,25-26H2,1-2H3,(H,49,54)(H,50,55)/t30-,31+,36+,38-,39-,40+,45?/m1/s1. The fraction of sp³-hybridized carbons (Fsp3) is 0.422. The van der Waals surface area contributed by atoms with Crippen molar-refractivity contribution in [3.05, 3.63) is 135 Å². The summed E-state index contributed by atoms with van der Waals surface area (Å²) in [6.07, 6.45) is 1.93. The fourth-order valence-corrected chi connectivity index (χ4v) is 10.8. The highest BCUT2D eigenvalue weighted by atomic mass is 35.5. The van der Waals surface area contributed by atoms with Crippen LogP contribution in [-0.2, 0) is 19.7 Å². The van der Waals surface area contributed by atoms with Crippen molar-refractivity contribution in [3.63, 3.8) is 0 Å². The summed E-state index contributed by atoms with van der Waals surface area (Å²) in [6.45, 7) is 4.48. The van der Waals surface area contributed by atoms with Crippen molar-refractivity contribution in [1.82, 2.24) is 10.2 Å². The maximum absolute atomic E-state index is 17.1. The summed E-state index contributed by atoms with van der Waals surface area (Å²) in [6, 6.07) is 26.6. The zero-order valence-electron chi connectivity index (χ0n) is 31.6. The van der Waals surface area contributed by atoms with Crippen molar-refractivity contribution >= 4 is 40.7 Å². The lowest BCUT2D eigenvalue weighted by atomic mass is 9.53. The van der Waals surface area contributed by atoms with Gasteiger partial charge in [0.1, 0.15) is 11.2 Å². The van der Waals surface area contributed by atoms with E-state index in [4.69, 9.17) is 27.9 Å². The van der Waals surface area contributed by atoms with Gasteiger partial charge in [0, 0.05) is 22.2 Å². The van der Waals surface area contributed by atoms with Gasteiger partial charge in [-0.15, -0.1) is 0 Å². The van der Waals surface area contributed by atoms with Crippen LogP contribution in [0.2, 0.25) is 10.0 Å². The number of amides is 2. The number of hydrogen-bond donors (Lipinski definition) is 4. The van der Waals surface area contributed by atoms with Crippen LogP contribution < -0.4 is 10.6 Å². The summed E-state index contributed by atoms with van der Waals surface area (Å²) >= 11 is 13.2. The van der Waals surface area contributed by atoms with Crippen molar-refractivity contribution in [2.45, 2.75) is 99.6 Å². The van der Waals surface area contributed by atoms with Crippen LogP contribution in [0.25, 0.3) is 0 Å². The van der Waals surface area contributed by atoms with Crippen molar-refractivity contribution < 1.29 is 28.9 Å². The molecule has 2 spiro atoms. The number of halogens is 3. The van der Waals surface area contributed by atoms with Gasteiger partial charge in [-0.3, -0.25) is 14.5 Å². The maximum atomic E-state index is 17.1. The van der Waals surface area contributed by atoms with E-state index in [1.54, 1.807) is 24.3 Å². The van der Waals surface area contributed by atoms with Crippen LogP contribution in [0.15, 0.2) is 97.1 Å². The molecule has 8 nitrogen and oxygen atoms in total. The summed E-state index contributed by atoms with van der Waals surface area (Å²) < 4.78 is 23.0. The molecule has 7 atom stereocenters. The third-order valence-electron chi connectivity index (χ3n) is 13.1. The van der Waals surface area contributed by atoms with Gasteiger partial charge in [0.25, 0.3) is 0 Å². The van der Waals surface area contributed by atoms with Crippen LogP contribution in [-0.4, -0.2) is 63.9 Å². The van der Waals surface area contributed by atoms with Gasteiger partial charge >= 0.3 is 0 Å². The van der Waals surface area contributed by atoms with Gasteiger partial charge in [0.2, 0.25) is 11.8 Å². The minimum absolute atomic E-state index is 0.101. The minimum Gasteiger partial charge on any atom is -0.394 e. The molecule has 1 saturated carbocycles. The van der Waals surface area contributed by atoms with Crippen molar-refractivity contribution in [3.8, 4) is 0 Å². The number of benzene rings is 4. The number of anilines is 1. The van der Waals surface area contributed by atoms with Gasteiger partial charge in [-0.05, 0) is 84.4 Å². The Hall–Kier alpha value is -3.83. The van der Waals surface area contributed by atoms with Crippen LogP contribution in [0, 0.1) is 11.2 Å². The molecule has 3 heterocycles. The number of nitrogens with one attached hydrogen (secondary N) is 2. The highest BCUT2D eigenvalue weighted by Crippen LogP contribution is 2.70. The summed E-state index contributed by atoms with van der Waals surface area (Å²) in [7, 11) is 0. The van der Waals surface area contributed by atoms with Crippen LogP contribution in [0.3, 0.4) is 0 Å². The summed E-state index contributed by atoms with van der Waals surface area (Å²) in [5.41, 5.74) is -0.133. The molecule has 4 aliphatic rings. The first-order valence-electron chi connectivity index (χ1n) is 19.6. The first-order valence-corrected chi connectivity index (χ1v) is 20.3. The molecule has 0 bridgehead atoms. The van der Waals surface area contributed by atoms with E-state index in [0.29, 0.717) is 60.4 Å². The zero-order valence-corrected chi connectivity index (χ0v) is 33.1. The SMILES string of the molecule is CC1(C)CCC2(CC1)N([C@H](c1ccccc1)[C@@H](O)c1ccccc1)[C@@H](C(=O)N[C@@H]1CC[C@@H](CO)OC1)[C@H](c1cccc(Cl)c1F)C21C(=O)Nc2cc(Cl)ccc21. The van der Waals surface area contributed by atoms with Gasteiger partial charge in [0.15, 0.2) is 0 Å². The first-order chi connectivity index (χ1) is 26.9. The smallest absolute Gasteiger partial charge is 0.238 e. The van der Waals surface area contributed by atoms with Gasteiger partial charge in [-0.2, -0.15) is 0 Å². The first kappa shape index (κ1) is 39.0. The highest BCUT2D eigenvalue weighted by Gasteiger charge is 2.77. The number of carbonyl (C=O) groups is 2. The van der Waals surface area contributed by atoms with Crippen molar-refractivity contribution in [2.75, 3.05) is 18.5 Å². The lowest BCUT2D eigenvalue weighted by molar-refractivity contribution is -0.138. The third kappa shape index (κ3) is 6.35. The Morgan fingerprint density at radius 1 is 0.946 bits per heavy atom. The van der Waals surface area contributed by atoms with E-state index >= 15 is 14.0 Å². The number of ether oxygens (including phenoxy) is 1. The van der Waals surface area contributed by atoms with Crippen molar-refractivity contribution in [2.24, 2.45) is 5.41 Å². The molecule has 8 rings (SSSR count). The second-order valence-corrected chi connectivity index (χ2v) is 17.6.